The van der Waals surface area contributed by atoms with Gasteiger partial charge in [-0.05, 0) is 12.1 Å². The van der Waals surface area contributed by atoms with Gasteiger partial charge in [0.05, 0.1) is 0 Å². The Hall–Kier alpha value is -1.11. The van der Waals surface area contributed by atoms with Crippen molar-refractivity contribution in [2.24, 2.45) is 0 Å². The number of hydrogen-bond donors (Lipinski definition) is 0. The Bertz CT molecular complexity index is 374. The number of nitrogens with zero attached hydrogens (tertiary/aromatic N) is 1. The summed E-state index contributed by atoms with van der Waals surface area (Å²) in [7, 11) is -1.19. The van der Waals surface area contributed by atoms with Crippen molar-refractivity contribution < 1.29 is 4.21 Å². The minimum absolute atomic E-state index is 0.757. The lowest BCUT2D eigenvalue weighted by Gasteiger charge is -2.11. The molecular weight excluding hydrogens is 206 g/mol. The topological polar surface area (TPSA) is 20.3 Å². The fraction of sp³-hybridized carbons (Fsp3) is 0.333. The molecule has 0 heterocycles. The zero-order chi connectivity index (χ0) is 11.1. The fourth-order valence-electron chi connectivity index (χ4n) is 1.15. The fourth-order valence-corrected chi connectivity index (χ4v) is 1.95. The summed E-state index contributed by atoms with van der Waals surface area (Å²) >= 11 is 0. The summed E-state index contributed by atoms with van der Waals surface area (Å²) in [5.41, 5.74) is 0.901. The summed E-state index contributed by atoms with van der Waals surface area (Å²) in [4.78, 5) is 0. The van der Waals surface area contributed by atoms with Gasteiger partial charge in [-0.3, -0.25) is 0 Å². The van der Waals surface area contributed by atoms with Crippen LogP contribution in [0.25, 0.3) is 0 Å². The third-order valence-corrected chi connectivity index (χ3v) is 3.26. The van der Waals surface area contributed by atoms with Crippen LogP contribution in [-0.2, 0) is 11.0 Å². The van der Waals surface area contributed by atoms with E-state index < -0.39 is 11.0 Å². The van der Waals surface area contributed by atoms with Crippen molar-refractivity contribution in [3.8, 4) is 11.2 Å². The minimum atomic E-state index is -1.19. The van der Waals surface area contributed by atoms with Gasteiger partial charge in [-0.15, -0.1) is 0 Å². The molecule has 0 amide bonds. The molecule has 0 aliphatic heterocycles. The zero-order valence-electron chi connectivity index (χ0n) is 9.06. The van der Waals surface area contributed by atoms with Crippen LogP contribution in [0.4, 0.5) is 0 Å². The van der Waals surface area contributed by atoms with E-state index in [1.54, 1.807) is 0 Å². The van der Waals surface area contributed by atoms with Gasteiger partial charge in [0.25, 0.3) is 0 Å². The molecule has 3 heteroatoms. The molecule has 1 atom stereocenters. The van der Waals surface area contributed by atoms with Crippen molar-refractivity contribution in [2.75, 3.05) is 13.1 Å². The predicted molar refractivity (Wildman–Crippen MR) is 64.4 cm³/mol. The van der Waals surface area contributed by atoms with Crippen molar-refractivity contribution in [1.82, 2.24) is 4.31 Å². The molecule has 0 aliphatic carbocycles. The average Bonchev–Trinajstić information content (AvgIpc) is 2.29. The number of benzene rings is 1. The normalized spacial score (nSPS) is 11.9. The molecule has 0 radical (unpaired) electrons. The molecule has 0 spiro atoms. The summed E-state index contributed by atoms with van der Waals surface area (Å²) in [6.45, 7) is 5.47. The molecular formula is C12H15NOS. The van der Waals surface area contributed by atoms with Gasteiger partial charge >= 0.3 is 0 Å². The molecule has 0 fully saturated rings. The van der Waals surface area contributed by atoms with E-state index in [0.717, 1.165) is 18.7 Å². The molecule has 80 valence electrons. The van der Waals surface area contributed by atoms with Gasteiger partial charge < -0.3 is 0 Å². The van der Waals surface area contributed by atoms with E-state index in [4.69, 9.17) is 0 Å². The van der Waals surface area contributed by atoms with Crippen LogP contribution in [0.15, 0.2) is 30.3 Å². The van der Waals surface area contributed by atoms with Crippen molar-refractivity contribution in [3.05, 3.63) is 35.9 Å². The van der Waals surface area contributed by atoms with Gasteiger partial charge in [-0.25, -0.2) is 8.51 Å². The highest BCUT2D eigenvalue weighted by Gasteiger charge is 2.04. The molecule has 1 unspecified atom stereocenters. The molecule has 0 N–H and O–H groups in total. The van der Waals surface area contributed by atoms with Crippen molar-refractivity contribution in [2.45, 2.75) is 13.8 Å². The Morgan fingerprint density at radius 3 is 2.33 bits per heavy atom. The average molecular weight is 221 g/mol. The van der Waals surface area contributed by atoms with E-state index in [1.165, 1.54) is 0 Å². The van der Waals surface area contributed by atoms with Crippen LogP contribution in [0.5, 0.6) is 0 Å². The van der Waals surface area contributed by atoms with Crippen LogP contribution in [0, 0.1) is 11.2 Å². The SMILES string of the molecule is CCN(CC)S(=O)C#Cc1ccccc1. The van der Waals surface area contributed by atoms with E-state index in [-0.39, 0.29) is 0 Å². The first-order chi connectivity index (χ1) is 7.27. The van der Waals surface area contributed by atoms with Gasteiger partial charge in [-0.1, -0.05) is 38.0 Å². The summed E-state index contributed by atoms with van der Waals surface area (Å²) < 4.78 is 13.5. The monoisotopic (exact) mass is 221 g/mol. The molecule has 0 saturated carbocycles. The molecule has 0 aromatic heterocycles. The zero-order valence-corrected chi connectivity index (χ0v) is 9.88. The standard InChI is InChI=1S/C12H15NOS/c1-3-13(4-2)15(14)11-10-12-8-6-5-7-9-12/h5-9H,3-4H2,1-2H3. The Labute approximate surface area is 93.9 Å². The number of hydrogen-bond acceptors (Lipinski definition) is 1. The summed E-state index contributed by atoms with van der Waals surface area (Å²) in [6, 6.07) is 9.60. The predicted octanol–water partition coefficient (Wildman–Crippen LogP) is 2.00. The summed E-state index contributed by atoms with van der Waals surface area (Å²) in [6.07, 6.45) is 0. The van der Waals surface area contributed by atoms with Gasteiger partial charge in [0, 0.05) is 23.9 Å². The maximum absolute atomic E-state index is 11.6. The first-order valence-corrected chi connectivity index (χ1v) is 6.12. The summed E-state index contributed by atoms with van der Waals surface area (Å²) in [5.74, 6) is 2.90. The molecule has 0 bridgehead atoms. The van der Waals surface area contributed by atoms with Crippen LogP contribution in [0.2, 0.25) is 0 Å². The van der Waals surface area contributed by atoms with E-state index in [1.807, 2.05) is 48.5 Å². The third-order valence-electron chi connectivity index (χ3n) is 2.00. The number of rotatable bonds is 3. The molecule has 1 aromatic carbocycles. The first-order valence-electron chi connectivity index (χ1n) is 5.01. The molecule has 0 aliphatic rings. The molecule has 2 nitrogen and oxygen atoms in total. The highest BCUT2D eigenvalue weighted by atomic mass is 32.2. The second-order valence-electron chi connectivity index (χ2n) is 2.96. The maximum Gasteiger partial charge on any atom is 0.174 e. The molecule has 15 heavy (non-hydrogen) atoms. The van der Waals surface area contributed by atoms with Crippen LogP contribution < -0.4 is 0 Å². The molecule has 0 saturated heterocycles. The quantitative estimate of drug-likeness (QED) is 0.715. The highest BCUT2D eigenvalue weighted by molar-refractivity contribution is 7.87. The van der Waals surface area contributed by atoms with Crippen molar-refractivity contribution in [1.29, 1.82) is 0 Å². The van der Waals surface area contributed by atoms with E-state index in [0.29, 0.717) is 0 Å². The summed E-state index contributed by atoms with van der Waals surface area (Å²) in [5, 5.41) is 2.75. The Kier molecular flexibility index (Phi) is 5.09. The van der Waals surface area contributed by atoms with Gasteiger partial charge in [-0.2, -0.15) is 0 Å². The van der Waals surface area contributed by atoms with E-state index in [2.05, 4.69) is 11.2 Å². The lowest BCUT2D eigenvalue weighted by atomic mass is 10.2. The van der Waals surface area contributed by atoms with Crippen LogP contribution in [0.3, 0.4) is 0 Å². The Morgan fingerprint density at radius 2 is 1.80 bits per heavy atom. The second kappa shape index (κ2) is 6.39. The van der Waals surface area contributed by atoms with E-state index in [9.17, 15) is 4.21 Å². The third kappa shape index (κ3) is 3.86. The van der Waals surface area contributed by atoms with Crippen molar-refractivity contribution in [3.63, 3.8) is 0 Å². The maximum atomic E-state index is 11.6. The largest absolute Gasteiger partial charge is 0.228 e. The lowest BCUT2D eigenvalue weighted by molar-refractivity contribution is 0.496. The Morgan fingerprint density at radius 1 is 1.20 bits per heavy atom. The van der Waals surface area contributed by atoms with Gasteiger partial charge in [0.1, 0.15) is 0 Å². The lowest BCUT2D eigenvalue weighted by Crippen LogP contribution is -2.23. The Balaban J connectivity index is 2.70. The molecule has 1 rings (SSSR count). The van der Waals surface area contributed by atoms with Crippen molar-refractivity contribution >= 4 is 11.0 Å². The highest BCUT2D eigenvalue weighted by Crippen LogP contribution is 1.97. The van der Waals surface area contributed by atoms with E-state index >= 15 is 0 Å². The first kappa shape index (κ1) is 12.0. The van der Waals surface area contributed by atoms with Gasteiger partial charge in [0.15, 0.2) is 11.0 Å². The van der Waals surface area contributed by atoms with Crippen LogP contribution in [0.1, 0.15) is 19.4 Å². The van der Waals surface area contributed by atoms with Crippen LogP contribution >= 0.6 is 0 Å². The second-order valence-corrected chi connectivity index (χ2v) is 4.18. The molecule has 1 aromatic rings. The smallest absolute Gasteiger partial charge is 0.174 e. The van der Waals surface area contributed by atoms with Crippen LogP contribution in [-0.4, -0.2) is 21.6 Å². The van der Waals surface area contributed by atoms with Gasteiger partial charge in [0.2, 0.25) is 0 Å². The minimum Gasteiger partial charge on any atom is -0.228 e.